The third-order valence-electron chi connectivity index (χ3n) is 4.00. The van der Waals surface area contributed by atoms with E-state index in [1.165, 1.54) is 18.9 Å². The van der Waals surface area contributed by atoms with E-state index < -0.39 is 5.82 Å². The first-order valence-corrected chi connectivity index (χ1v) is 7.03. The summed E-state index contributed by atoms with van der Waals surface area (Å²) in [5, 5.41) is 4.02. The fraction of sp³-hybridized carbons (Fsp3) is 0.467. The number of hydrogen-bond acceptors (Lipinski definition) is 4. The molecule has 1 aliphatic carbocycles. The fourth-order valence-electron chi connectivity index (χ4n) is 2.94. The molecule has 2 aromatic rings. The van der Waals surface area contributed by atoms with Crippen molar-refractivity contribution in [2.24, 2.45) is 5.92 Å². The molecule has 1 aliphatic rings. The van der Waals surface area contributed by atoms with Crippen LogP contribution in [0.25, 0.3) is 11.5 Å². The lowest BCUT2D eigenvalue weighted by Gasteiger charge is -2.23. The Labute approximate surface area is 117 Å². The van der Waals surface area contributed by atoms with Crippen LogP contribution in [0.4, 0.5) is 10.1 Å². The van der Waals surface area contributed by atoms with Crippen LogP contribution in [-0.2, 0) is 0 Å². The number of rotatable bonds is 2. The van der Waals surface area contributed by atoms with Crippen LogP contribution in [-0.4, -0.2) is 10.1 Å². The van der Waals surface area contributed by atoms with Gasteiger partial charge in [-0.15, -0.1) is 0 Å². The highest BCUT2D eigenvalue weighted by atomic mass is 19.1. The smallest absolute Gasteiger partial charge is 0.263 e. The molecule has 0 aliphatic heterocycles. The lowest BCUT2D eigenvalue weighted by atomic mass is 9.82. The third kappa shape index (κ3) is 2.40. The van der Waals surface area contributed by atoms with Crippen LogP contribution < -0.4 is 5.73 Å². The second-order valence-corrected chi connectivity index (χ2v) is 5.63. The van der Waals surface area contributed by atoms with Crippen molar-refractivity contribution >= 4 is 5.69 Å². The number of benzene rings is 1. The van der Waals surface area contributed by atoms with E-state index in [0.29, 0.717) is 23.3 Å². The molecular formula is C15H18FN3O. The standard InChI is InChI=1S/C15H18FN3O/c1-9-4-2-5-10(8-9)14-18-15(20-19-14)13-11(16)6-3-7-12(13)17/h3,6-7,9-10H,2,4-5,8,17H2,1H3. The van der Waals surface area contributed by atoms with E-state index in [4.69, 9.17) is 10.3 Å². The van der Waals surface area contributed by atoms with Gasteiger partial charge in [0.25, 0.3) is 5.89 Å². The molecule has 5 heteroatoms. The van der Waals surface area contributed by atoms with Crippen LogP contribution in [0.5, 0.6) is 0 Å². The van der Waals surface area contributed by atoms with E-state index >= 15 is 0 Å². The maximum Gasteiger partial charge on any atom is 0.263 e. The van der Waals surface area contributed by atoms with Crippen LogP contribution in [0, 0.1) is 11.7 Å². The second-order valence-electron chi connectivity index (χ2n) is 5.63. The molecule has 4 nitrogen and oxygen atoms in total. The second kappa shape index (κ2) is 5.23. The van der Waals surface area contributed by atoms with Gasteiger partial charge in [0.15, 0.2) is 5.82 Å². The quantitative estimate of drug-likeness (QED) is 0.848. The summed E-state index contributed by atoms with van der Waals surface area (Å²) in [6.45, 7) is 2.24. The zero-order chi connectivity index (χ0) is 14.1. The summed E-state index contributed by atoms with van der Waals surface area (Å²) in [6, 6.07) is 4.54. The van der Waals surface area contributed by atoms with Gasteiger partial charge in [-0.25, -0.2) is 4.39 Å². The summed E-state index contributed by atoms with van der Waals surface area (Å²) in [4.78, 5) is 4.36. The Hall–Kier alpha value is -1.91. The number of nitrogens with two attached hydrogens (primary N) is 1. The minimum atomic E-state index is -0.433. The molecule has 0 amide bonds. The van der Waals surface area contributed by atoms with Crippen LogP contribution in [0.15, 0.2) is 22.7 Å². The maximum atomic E-state index is 13.8. The van der Waals surface area contributed by atoms with Crippen LogP contribution in [0.2, 0.25) is 0 Å². The number of hydrogen-bond donors (Lipinski definition) is 1. The largest absolute Gasteiger partial charge is 0.398 e. The molecular weight excluding hydrogens is 257 g/mol. The number of nitrogens with zero attached hydrogens (tertiary/aromatic N) is 2. The van der Waals surface area contributed by atoms with Gasteiger partial charge in [0.2, 0.25) is 0 Å². The Balaban J connectivity index is 1.90. The first-order valence-electron chi connectivity index (χ1n) is 7.03. The van der Waals surface area contributed by atoms with E-state index in [1.54, 1.807) is 12.1 Å². The molecule has 1 heterocycles. The van der Waals surface area contributed by atoms with Gasteiger partial charge in [-0.2, -0.15) is 4.98 Å². The van der Waals surface area contributed by atoms with Gasteiger partial charge in [0.1, 0.15) is 5.82 Å². The Morgan fingerprint density at radius 3 is 2.95 bits per heavy atom. The summed E-state index contributed by atoms with van der Waals surface area (Å²) < 4.78 is 19.1. The molecule has 2 atom stereocenters. The van der Waals surface area contributed by atoms with Crippen molar-refractivity contribution < 1.29 is 8.91 Å². The molecule has 0 saturated heterocycles. The monoisotopic (exact) mass is 275 g/mol. The van der Waals surface area contributed by atoms with Gasteiger partial charge in [0.05, 0.1) is 5.56 Å². The van der Waals surface area contributed by atoms with Crippen molar-refractivity contribution in [3.8, 4) is 11.5 Å². The summed E-state index contributed by atoms with van der Waals surface area (Å²) >= 11 is 0. The van der Waals surface area contributed by atoms with E-state index in [1.807, 2.05) is 0 Å². The lowest BCUT2D eigenvalue weighted by molar-refractivity contribution is 0.324. The first kappa shape index (κ1) is 13.1. The zero-order valence-electron chi connectivity index (χ0n) is 11.5. The highest BCUT2D eigenvalue weighted by Gasteiger charge is 2.25. The van der Waals surface area contributed by atoms with Gasteiger partial charge in [-0.3, -0.25) is 0 Å². The third-order valence-corrected chi connectivity index (χ3v) is 4.00. The van der Waals surface area contributed by atoms with E-state index in [0.717, 1.165) is 12.8 Å². The minimum Gasteiger partial charge on any atom is -0.398 e. The van der Waals surface area contributed by atoms with Gasteiger partial charge in [0, 0.05) is 11.6 Å². The van der Waals surface area contributed by atoms with E-state index in [2.05, 4.69) is 17.1 Å². The molecule has 2 N–H and O–H groups in total. The SMILES string of the molecule is CC1CCCC(c2noc(-c3c(N)cccc3F)n2)C1. The Morgan fingerprint density at radius 2 is 2.20 bits per heavy atom. The molecule has 1 saturated carbocycles. The molecule has 0 spiro atoms. The van der Waals surface area contributed by atoms with Crippen LogP contribution >= 0.6 is 0 Å². The minimum absolute atomic E-state index is 0.175. The van der Waals surface area contributed by atoms with Crippen molar-refractivity contribution in [3.63, 3.8) is 0 Å². The number of anilines is 1. The number of halogens is 1. The molecule has 3 rings (SSSR count). The van der Waals surface area contributed by atoms with Crippen molar-refractivity contribution in [2.45, 2.75) is 38.5 Å². The van der Waals surface area contributed by atoms with Crippen molar-refractivity contribution in [2.75, 3.05) is 5.73 Å². The van der Waals surface area contributed by atoms with Gasteiger partial charge >= 0.3 is 0 Å². The summed E-state index contributed by atoms with van der Waals surface area (Å²) in [5.41, 5.74) is 6.32. The average Bonchev–Trinajstić information content (AvgIpc) is 2.88. The van der Waals surface area contributed by atoms with Crippen molar-refractivity contribution in [1.82, 2.24) is 10.1 Å². The average molecular weight is 275 g/mol. The van der Waals surface area contributed by atoms with E-state index in [9.17, 15) is 4.39 Å². The summed E-state index contributed by atoms with van der Waals surface area (Å²) in [5.74, 6) is 1.40. The molecule has 1 fully saturated rings. The topological polar surface area (TPSA) is 64.9 Å². The summed E-state index contributed by atoms with van der Waals surface area (Å²) in [6.07, 6.45) is 4.56. The predicted octanol–water partition coefficient (Wildman–Crippen LogP) is 3.75. The van der Waals surface area contributed by atoms with Crippen molar-refractivity contribution in [1.29, 1.82) is 0 Å². The van der Waals surface area contributed by atoms with E-state index in [-0.39, 0.29) is 11.5 Å². The van der Waals surface area contributed by atoms with Gasteiger partial charge < -0.3 is 10.3 Å². The zero-order valence-corrected chi connectivity index (χ0v) is 11.5. The molecule has 20 heavy (non-hydrogen) atoms. The van der Waals surface area contributed by atoms with Crippen LogP contribution in [0.3, 0.4) is 0 Å². The van der Waals surface area contributed by atoms with Crippen molar-refractivity contribution in [3.05, 3.63) is 29.8 Å². The normalized spacial score (nSPS) is 22.9. The highest BCUT2D eigenvalue weighted by molar-refractivity contribution is 5.70. The molecule has 0 bridgehead atoms. The molecule has 1 aromatic carbocycles. The number of aromatic nitrogens is 2. The summed E-state index contributed by atoms with van der Waals surface area (Å²) in [7, 11) is 0. The van der Waals surface area contributed by atoms with Crippen LogP contribution in [0.1, 0.15) is 44.3 Å². The first-order chi connectivity index (χ1) is 9.65. The predicted molar refractivity (Wildman–Crippen MR) is 74.5 cm³/mol. The maximum absolute atomic E-state index is 13.8. The van der Waals surface area contributed by atoms with Gasteiger partial charge in [-0.1, -0.05) is 31.0 Å². The fourth-order valence-corrected chi connectivity index (χ4v) is 2.94. The molecule has 106 valence electrons. The molecule has 2 unspecified atom stereocenters. The lowest BCUT2D eigenvalue weighted by Crippen LogP contribution is -2.12. The Bertz CT molecular complexity index is 591. The Morgan fingerprint density at radius 1 is 1.35 bits per heavy atom. The molecule has 0 radical (unpaired) electrons. The van der Waals surface area contributed by atoms with Gasteiger partial charge in [-0.05, 0) is 30.9 Å². The highest BCUT2D eigenvalue weighted by Crippen LogP contribution is 2.36. The number of nitrogen functional groups attached to an aromatic ring is 1. The Kier molecular flexibility index (Phi) is 3.42. The molecule has 1 aromatic heterocycles.